The number of alkyl halides is 3. The minimum Gasteiger partial charge on any atom is -0.342 e. The molecule has 1 aromatic heterocycles. The lowest BCUT2D eigenvalue weighted by atomic mass is 10.2. The van der Waals surface area contributed by atoms with Crippen molar-refractivity contribution in [2.45, 2.75) is 6.18 Å². The van der Waals surface area contributed by atoms with Gasteiger partial charge < -0.3 is 10.6 Å². The van der Waals surface area contributed by atoms with Crippen molar-refractivity contribution in [3.63, 3.8) is 0 Å². The molecule has 0 aliphatic heterocycles. The Bertz CT molecular complexity index is 1120. The molecule has 4 nitrogen and oxygen atoms in total. The van der Waals surface area contributed by atoms with E-state index in [2.05, 4.69) is 10.6 Å². The third kappa shape index (κ3) is 4.95. The van der Waals surface area contributed by atoms with Crippen LogP contribution in [0.2, 0.25) is 15.1 Å². The summed E-state index contributed by atoms with van der Waals surface area (Å²) in [4.78, 5) is 24.5. The van der Waals surface area contributed by atoms with Crippen LogP contribution >= 0.6 is 46.1 Å². The zero-order valence-electron chi connectivity index (χ0n) is 14.2. The van der Waals surface area contributed by atoms with Gasteiger partial charge in [-0.3, -0.25) is 9.59 Å². The predicted molar refractivity (Wildman–Crippen MR) is 109 cm³/mol. The molecule has 0 atom stereocenters. The van der Waals surface area contributed by atoms with Crippen molar-refractivity contribution in [3.8, 4) is 0 Å². The van der Waals surface area contributed by atoms with E-state index in [1.165, 1.54) is 18.2 Å². The normalized spacial score (nSPS) is 11.5. The van der Waals surface area contributed by atoms with Crippen molar-refractivity contribution < 1.29 is 22.8 Å². The summed E-state index contributed by atoms with van der Waals surface area (Å²) in [5.41, 5.74) is -0.938. The highest BCUT2D eigenvalue weighted by Crippen LogP contribution is 2.41. The molecule has 2 aromatic carbocycles. The van der Waals surface area contributed by atoms with Gasteiger partial charge in [0.15, 0.2) is 0 Å². The Hall–Kier alpha value is -2.00. The minimum absolute atomic E-state index is 0.0413. The molecule has 0 unspecified atom stereocenters. The molecule has 0 bridgehead atoms. The first-order valence-corrected chi connectivity index (χ1v) is 9.83. The number of anilines is 1. The summed E-state index contributed by atoms with van der Waals surface area (Å²) in [6.07, 6.45) is -4.53. The number of fused-ring (bicyclic) bond motifs is 1. The van der Waals surface area contributed by atoms with E-state index in [4.69, 9.17) is 34.8 Å². The second kappa shape index (κ2) is 8.39. The maximum absolute atomic E-state index is 12.7. The van der Waals surface area contributed by atoms with Gasteiger partial charge in [0.1, 0.15) is 4.88 Å². The van der Waals surface area contributed by atoms with Gasteiger partial charge in [-0.25, -0.2) is 0 Å². The Morgan fingerprint density at radius 1 is 1.07 bits per heavy atom. The summed E-state index contributed by atoms with van der Waals surface area (Å²) < 4.78 is 38.8. The van der Waals surface area contributed by atoms with Crippen molar-refractivity contribution in [1.29, 1.82) is 0 Å². The average Bonchev–Trinajstić information content (AvgIpc) is 2.96. The van der Waals surface area contributed by atoms with Crippen LogP contribution in [0.1, 0.15) is 15.2 Å². The van der Waals surface area contributed by atoms with Gasteiger partial charge in [0, 0.05) is 20.8 Å². The molecule has 3 aromatic rings. The lowest BCUT2D eigenvalue weighted by Gasteiger charge is -2.10. The van der Waals surface area contributed by atoms with Gasteiger partial charge >= 0.3 is 6.18 Å². The maximum Gasteiger partial charge on any atom is 0.416 e. The van der Waals surface area contributed by atoms with Crippen LogP contribution in [0.15, 0.2) is 36.4 Å². The Labute approximate surface area is 181 Å². The molecule has 3 rings (SSSR count). The molecule has 0 aliphatic rings. The van der Waals surface area contributed by atoms with Crippen LogP contribution in [-0.2, 0) is 11.0 Å². The average molecular weight is 482 g/mol. The van der Waals surface area contributed by atoms with Crippen LogP contribution in [0.5, 0.6) is 0 Å². The Kier molecular flexibility index (Phi) is 6.28. The summed E-state index contributed by atoms with van der Waals surface area (Å²) in [5.74, 6) is -1.32. The summed E-state index contributed by atoms with van der Waals surface area (Å²) >= 11 is 19.3. The summed E-state index contributed by atoms with van der Waals surface area (Å²) in [6, 6.07) is 7.27. The number of benzene rings is 2. The molecular formula is C18H10Cl3F3N2O2S. The van der Waals surface area contributed by atoms with Gasteiger partial charge in [0.2, 0.25) is 5.91 Å². The zero-order valence-corrected chi connectivity index (χ0v) is 17.2. The number of amides is 2. The second-order valence-corrected chi connectivity index (χ2v) is 8.09. The molecule has 2 amide bonds. The fourth-order valence-electron chi connectivity index (χ4n) is 2.48. The van der Waals surface area contributed by atoms with E-state index >= 15 is 0 Å². The first-order chi connectivity index (χ1) is 13.6. The highest BCUT2D eigenvalue weighted by Gasteiger charge is 2.30. The number of hydrogen-bond acceptors (Lipinski definition) is 3. The third-order valence-corrected chi connectivity index (χ3v) is 5.88. The smallest absolute Gasteiger partial charge is 0.342 e. The molecule has 0 aliphatic carbocycles. The molecule has 152 valence electrons. The fraction of sp³-hybridized carbons (Fsp3) is 0.111. The Morgan fingerprint density at radius 2 is 1.79 bits per heavy atom. The second-order valence-electron chi connectivity index (χ2n) is 5.82. The lowest BCUT2D eigenvalue weighted by Crippen LogP contribution is -2.32. The van der Waals surface area contributed by atoms with Crippen LogP contribution in [0.4, 0.5) is 18.9 Å². The highest BCUT2D eigenvalue weighted by atomic mass is 35.5. The van der Waals surface area contributed by atoms with Crippen molar-refractivity contribution >= 4 is 73.7 Å². The number of carbonyl (C=O) groups is 2. The Morgan fingerprint density at radius 3 is 2.48 bits per heavy atom. The van der Waals surface area contributed by atoms with Gasteiger partial charge in [-0.15, -0.1) is 11.3 Å². The molecule has 0 radical (unpaired) electrons. The van der Waals surface area contributed by atoms with Gasteiger partial charge in [-0.05, 0) is 30.3 Å². The first-order valence-electron chi connectivity index (χ1n) is 7.88. The number of rotatable bonds is 4. The van der Waals surface area contributed by atoms with E-state index in [0.29, 0.717) is 15.1 Å². The lowest BCUT2D eigenvalue weighted by molar-refractivity contribution is -0.137. The number of hydrogen-bond donors (Lipinski definition) is 2. The van der Waals surface area contributed by atoms with Crippen LogP contribution in [0.25, 0.3) is 10.1 Å². The standard InChI is InChI=1S/C18H10Cl3F3N2O2S/c19-9-5-11(20)14-12(6-9)29-16(15(14)21)17(28)25-7-13(27)26-10-3-1-2-8(4-10)18(22,23)24/h1-6H,7H2,(H,25,28)(H,26,27). The molecule has 2 N–H and O–H groups in total. The molecule has 29 heavy (non-hydrogen) atoms. The fourth-order valence-corrected chi connectivity index (χ4v) is 4.77. The summed E-state index contributed by atoms with van der Waals surface area (Å²) in [5, 5.41) is 5.94. The molecule has 1 heterocycles. The van der Waals surface area contributed by atoms with Crippen molar-refractivity contribution in [1.82, 2.24) is 5.32 Å². The van der Waals surface area contributed by atoms with E-state index in [-0.39, 0.29) is 20.6 Å². The van der Waals surface area contributed by atoms with Gasteiger partial charge in [0.05, 0.1) is 22.2 Å². The van der Waals surface area contributed by atoms with Gasteiger partial charge in [-0.2, -0.15) is 13.2 Å². The predicted octanol–water partition coefficient (Wildman–Crippen LogP) is 6.25. The monoisotopic (exact) mass is 480 g/mol. The zero-order chi connectivity index (χ0) is 21.3. The van der Waals surface area contributed by atoms with E-state index in [1.54, 1.807) is 6.07 Å². The van der Waals surface area contributed by atoms with E-state index < -0.39 is 30.1 Å². The van der Waals surface area contributed by atoms with Crippen molar-refractivity contribution in [2.75, 3.05) is 11.9 Å². The van der Waals surface area contributed by atoms with Crippen molar-refractivity contribution in [2.24, 2.45) is 0 Å². The number of halogens is 6. The molecule has 0 spiro atoms. The topological polar surface area (TPSA) is 58.2 Å². The molecule has 11 heteroatoms. The minimum atomic E-state index is -4.53. The van der Waals surface area contributed by atoms with Gasteiger partial charge in [0.25, 0.3) is 5.91 Å². The first kappa shape index (κ1) is 21.7. The highest BCUT2D eigenvalue weighted by molar-refractivity contribution is 7.21. The van der Waals surface area contributed by atoms with Crippen molar-refractivity contribution in [3.05, 3.63) is 61.9 Å². The SMILES string of the molecule is O=C(CNC(=O)c1sc2cc(Cl)cc(Cl)c2c1Cl)Nc1cccc(C(F)(F)F)c1. The molecule has 0 fully saturated rings. The molecule has 0 saturated carbocycles. The third-order valence-electron chi connectivity index (χ3n) is 3.74. The molecular weight excluding hydrogens is 472 g/mol. The maximum atomic E-state index is 12.7. The van der Waals surface area contributed by atoms with Crippen LogP contribution in [0.3, 0.4) is 0 Å². The quantitative estimate of drug-likeness (QED) is 0.463. The van der Waals surface area contributed by atoms with Crippen LogP contribution in [0, 0.1) is 0 Å². The van der Waals surface area contributed by atoms with E-state index in [1.807, 2.05) is 0 Å². The van der Waals surface area contributed by atoms with E-state index in [0.717, 1.165) is 23.5 Å². The van der Waals surface area contributed by atoms with E-state index in [9.17, 15) is 22.8 Å². The number of thiophene rings is 1. The summed E-state index contributed by atoms with van der Waals surface area (Å²) in [6.45, 7) is -0.464. The van der Waals surface area contributed by atoms with Crippen LogP contribution in [-0.4, -0.2) is 18.4 Å². The van der Waals surface area contributed by atoms with Crippen LogP contribution < -0.4 is 10.6 Å². The largest absolute Gasteiger partial charge is 0.416 e. The summed E-state index contributed by atoms with van der Waals surface area (Å²) in [7, 11) is 0. The number of carbonyl (C=O) groups excluding carboxylic acids is 2. The number of nitrogens with one attached hydrogen (secondary N) is 2. The van der Waals surface area contributed by atoms with Gasteiger partial charge in [-0.1, -0.05) is 40.9 Å². The Balaban J connectivity index is 1.68. The molecule has 0 saturated heterocycles.